The van der Waals surface area contributed by atoms with E-state index in [2.05, 4.69) is 41.0 Å². The second-order valence-electron chi connectivity index (χ2n) is 8.04. The number of hydrogen-bond acceptors (Lipinski definition) is 4. The summed E-state index contributed by atoms with van der Waals surface area (Å²) in [6.07, 6.45) is 6.34. The van der Waals surface area contributed by atoms with E-state index in [4.69, 9.17) is 0 Å². The fraction of sp³-hybridized carbons (Fsp3) is 0.700. The molecule has 0 aromatic carbocycles. The summed E-state index contributed by atoms with van der Waals surface area (Å²) in [4.78, 5) is 22.1. The summed E-state index contributed by atoms with van der Waals surface area (Å²) >= 11 is 0. The lowest BCUT2D eigenvalue weighted by Gasteiger charge is -2.37. The predicted octanol–water partition coefficient (Wildman–Crippen LogP) is 2.20. The number of rotatable bonds is 5. The Morgan fingerprint density at radius 2 is 2.16 bits per heavy atom. The van der Waals surface area contributed by atoms with Gasteiger partial charge in [0.1, 0.15) is 0 Å². The molecule has 2 fully saturated rings. The summed E-state index contributed by atoms with van der Waals surface area (Å²) in [6.45, 7) is 9.17. The molecular formula is C20H32N4O. The van der Waals surface area contributed by atoms with Crippen molar-refractivity contribution in [3.63, 3.8) is 0 Å². The number of pyridine rings is 1. The van der Waals surface area contributed by atoms with E-state index >= 15 is 0 Å². The van der Waals surface area contributed by atoms with Crippen LogP contribution in [0.25, 0.3) is 0 Å². The highest BCUT2D eigenvalue weighted by atomic mass is 16.2. The van der Waals surface area contributed by atoms with Gasteiger partial charge in [0, 0.05) is 12.7 Å². The molecule has 0 saturated carbocycles. The Morgan fingerprint density at radius 3 is 2.84 bits per heavy atom. The first-order valence-corrected chi connectivity index (χ1v) is 9.63. The van der Waals surface area contributed by atoms with Gasteiger partial charge in [0.25, 0.3) is 0 Å². The van der Waals surface area contributed by atoms with E-state index in [9.17, 15) is 4.79 Å². The molecule has 1 N–H and O–H groups in total. The molecule has 3 rings (SSSR count). The summed E-state index contributed by atoms with van der Waals surface area (Å²) in [5.74, 6) is 0.174. The van der Waals surface area contributed by atoms with Crippen LogP contribution in [-0.4, -0.2) is 60.0 Å². The zero-order valence-electron chi connectivity index (χ0n) is 15.9. The number of piperidine rings is 1. The van der Waals surface area contributed by atoms with Crippen LogP contribution in [0.2, 0.25) is 0 Å². The number of amides is 1. The van der Waals surface area contributed by atoms with Crippen LogP contribution in [0.5, 0.6) is 0 Å². The van der Waals surface area contributed by atoms with E-state index < -0.39 is 0 Å². The molecule has 2 saturated heterocycles. The van der Waals surface area contributed by atoms with E-state index in [0.29, 0.717) is 12.0 Å². The molecule has 5 heteroatoms. The Morgan fingerprint density at radius 1 is 1.40 bits per heavy atom. The number of nitrogens with zero attached hydrogens (tertiary/aromatic N) is 3. The number of hydrogen-bond donors (Lipinski definition) is 1. The number of carbonyl (C=O) groups is 1. The lowest BCUT2D eigenvalue weighted by atomic mass is 9.76. The van der Waals surface area contributed by atoms with Crippen LogP contribution in [0.1, 0.15) is 43.9 Å². The quantitative estimate of drug-likeness (QED) is 0.890. The van der Waals surface area contributed by atoms with Crippen molar-refractivity contribution < 1.29 is 4.79 Å². The van der Waals surface area contributed by atoms with Gasteiger partial charge in [-0.15, -0.1) is 0 Å². The lowest BCUT2D eigenvalue weighted by molar-refractivity contribution is -0.125. The summed E-state index contributed by atoms with van der Waals surface area (Å²) in [7, 11) is 2.20. The Bertz CT molecular complexity index is 595. The highest BCUT2D eigenvalue weighted by Crippen LogP contribution is 2.43. The van der Waals surface area contributed by atoms with Gasteiger partial charge in [-0.1, -0.05) is 6.92 Å². The van der Waals surface area contributed by atoms with Crippen LogP contribution in [0, 0.1) is 12.3 Å². The molecule has 0 bridgehead atoms. The maximum absolute atomic E-state index is 12.9. The van der Waals surface area contributed by atoms with Gasteiger partial charge in [-0.3, -0.25) is 14.7 Å². The Kier molecular flexibility index (Phi) is 5.74. The highest BCUT2D eigenvalue weighted by Gasteiger charge is 2.47. The second-order valence-corrected chi connectivity index (χ2v) is 8.04. The largest absolute Gasteiger partial charge is 0.349 e. The number of likely N-dealkylation sites (tertiary alicyclic amines) is 2. The first kappa shape index (κ1) is 18.3. The molecule has 0 aliphatic carbocycles. The van der Waals surface area contributed by atoms with E-state index in [1.807, 2.05) is 18.3 Å². The molecule has 0 radical (unpaired) electrons. The van der Waals surface area contributed by atoms with Crippen molar-refractivity contribution in [3.8, 4) is 0 Å². The molecule has 0 unspecified atom stereocenters. The summed E-state index contributed by atoms with van der Waals surface area (Å²) in [5.41, 5.74) is 2.45. The number of aryl methyl sites for hydroxylation is 1. The molecule has 1 amide bonds. The van der Waals surface area contributed by atoms with E-state index in [1.54, 1.807) is 0 Å². The van der Waals surface area contributed by atoms with Crippen LogP contribution in [0.3, 0.4) is 0 Å². The van der Waals surface area contributed by atoms with Gasteiger partial charge in [-0.25, -0.2) is 0 Å². The third kappa shape index (κ3) is 4.39. The average molecular weight is 345 g/mol. The number of aromatic nitrogens is 1. The molecule has 3 heterocycles. The molecule has 1 aromatic heterocycles. The van der Waals surface area contributed by atoms with Crippen LogP contribution in [0.15, 0.2) is 18.3 Å². The minimum Gasteiger partial charge on any atom is -0.349 e. The standard InChI is InChI=1S/C20H32N4O/c1-4-9-24-15-20(6-10-23(3)11-7-20)13-18(24)19(25)22-14-17-12-16(2)5-8-21-17/h5,8,12,18H,4,6-7,9-11,13-15H2,1-3H3,(H,22,25)/t18-/m1/s1. The SMILES string of the molecule is CCCN1CC2(CCN(C)CC2)C[C@@H]1C(=O)NCc1cc(C)ccn1. The van der Waals surface area contributed by atoms with E-state index in [-0.39, 0.29) is 11.9 Å². The molecule has 1 atom stereocenters. The smallest absolute Gasteiger partial charge is 0.237 e. The fourth-order valence-corrected chi connectivity index (χ4v) is 4.37. The summed E-state index contributed by atoms with van der Waals surface area (Å²) < 4.78 is 0. The van der Waals surface area contributed by atoms with Crippen molar-refractivity contribution in [2.45, 2.75) is 52.1 Å². The minimum atomic E-state index is 0.0214. The molecule has 138 valence electrons. The van der Waals surface area contributed by atoms with Crippen LogP contribution < -0.4 is 5.32 Å². The fourth-order valence-electron chi connectivity index (χ4n) is 4.37. The molecule has 1 spiro atoms. The predicted molar refractivity (Wildman–Crippen MR) is 100 cm³/mol. The number of nitrogens with one attached hydrogen (secondary N) is 1. The zero-order valence-corrected chi connectivity index (χ0v) is 15.9. The Labute approximate surface area is 151 Å². The van der Waals surface area contributed by atoms with E-state index in [1.165, 1.54) is 18.4 Å². The molecule has 5 nitrogen and oxygen atoms in total. The van der Waals surface area contributed by atoms with Gasteiger partial charge in [0.15, 0.2) is 0 Å². The van der Waals surface area contributed by atoms with Crippen molar-refractivity contribution in [1.82, 2.24) is 20.1 Å². The van der Waals surface area contributed by atoms with Crippen molar-refractivity contribution >= 4 is 5.91 Å². The van der Waals surface area contributed by atoms with Gasteiger partial charge in [0.05, 0.1) is 18.3 Å². The Balaban J connectivity index is 1.63. The summed E-state index contributed by atoms with van der Waals surface area (Å²) in [6, 6.07) is 4.04. The first-order valence-electron chi connectivity index (χ1n) is 9.63. The van der Waals surface area contributed by atoms with Crippen LogP contribution in [-0.2, 0) is 11.3 Å². The molecule has 2 aliphatic heterocycles. The second kappa shape index (κ2) is 7.83. The number of carbonyl (C=O) groups excluding carboxylic acids is 1. The highest BCUT2D eigenvalue weighted by molar-refractivity contribution is 5.82. The van der Waals surface area contributed by atoms with Crippen molar-refractivity contribution in [1.29, 1.82) is 0 Å². The molecule has 1 aromatic rings. The minimum absolute atomic E-state index is 0.0214. The maximum atomic E-state index is 12.9. The maximum Gasteiger partial charge on any atom is 0.237 e. The van der Waals surface area contributed by atoms with Crippen molar-refractivity contribution in [2.24, 2.45) is 5.41 Å². The monoisotopic (exact) mass is 344 g/mol. The zero-order chi connectivity index (χ0) is 17.9. The van der Waals surface area contributed by atoms with Crippen LogP contribution >= 0.6 is 0 Å². The third-order valence-corrected chi connectivity index (χ3v) is 5.88. The van der Waals surface area contributed by atoms with Crippen molar-refractivity contribution in [2.75, 3.05) is 33.2 Å². The molecular weight excluding hydrogens is 312 g/mol. The summed E-state index contributed by atoms with van der Waals surface area (Å²) in [5, 5.41) is 3.13. The van der Waals surface area contributed by atoms with Gasteiger partial charge < -0.3 is 10.2 Å². The topological polar surface area (TPSA) is 48.5 Å². The molecule has 25 heavy (non-hydrogen) atoms. The molecule has 2 aliphatic rings. The van der Waals surface area contributed by atoms with E-state index in [0.717, 1.165) is 44.7 Å². The van der Waals surface area contributed by atoms with Crippen molar-refractivity contribution in [3.05, 3.63) is 29.6 Å². The lowest BCUT2D eigenvalue weighted by Crippen LogP contribution is -2.43. The van der Waals surface area contributed by atoms with Gasteiger partial charge in [-0.2, -0.15) is 0 Å². The first-order chi connectivity index (χ1) is 12.0. The van der Waals surface area contributed by atoms with Gasteiger partial charge in [0.2, 0.25) is 5.91 Å². The average Bonchev–Trinajstić information content (AvgIpc) is 2.95. The Hall–Kier alpha value is -1.46. The van der Waals surface area contributed by atoms with Crippen LogP contribution in [0.4, 0.5) is 0 Å². The van der Waals surface area contributed by atoms with Gasteiger partial charge in [-0.05, 0) is 82.4 Å². The normalized spacial score (nSPS) is 23.9. The van der Waals surface area contributed by atoms with Gasteiger partial charge >= 0.3 is 0 Å². The third-order valence-electron chi connectivity index (χ3n) is 5.88.